The number of anilines is 1. The van der Waals surface area contributed by atoms with Crippen LogP contribution in [0.15, 0.2) is 23.3 Å². The van der Waals surface area contributed by atoms with Crippen LogP contribution in [0.4, 0.5) is 5.69 Å². The normalized spacial score (nSPS) is 11.3. The molecule has 0 bridgehead atoms. The number of carboxylic acids is 1. The largest absolute Gasteiger partial charge is 0.477 e. The molecule has 0 saturated heterocycles. The van der Waals surface area contributed by atoms with E-state index in [4.69, 9.17) is 16.7 Å². The summed E-state index contributed by atoms with van der Waals surface area (Å²) in [6.07, 6.45) is 0. The number of nitrogens with zero attached hydrogens (tertiary/aromatic N) is 1. The molecule has 0 saturated carbocycles. The Labute approximate surface area is 92.6 Å². The number of carbonyl (C=O) groups is 1. The van der Waals surface area contributed by atoms with Crippen molar-refractivity contribution in [3.05, 3.63) is 28.8 Å². The van der Waals surface area contributed by atoms with E-state index in [1.807, 2.05) is 19.1 Å². The molecule has 1 rings (SSSR count). The summed E-state index contributed by atoms with van der Waals surface area (Å²) in [5, 5.41) is 12.8. The number of nitrogens with one attached hydrogen (secondary N) is 1. The summed E-state index contributed by atoms with van der Waals surface area (Å²) in [7, 11) is 0. The second-order valence-corrected chi connectivity index (χ2v) is 3.43. The lowest BCUT2D eigenvalue weighted by Gasteiger charge is -2.05. The molecule has 80 valence electrons. The topological polar surface area (TPSA) is 61.7 Å². The fraction of sp³-hybridized carbons (Fsp3) is 0.200. The van der Waals surface area contributed by atoms with Crippen LogP contribution in [-0.2, 0) is 4.79 Å². The third kappa shape index (κ3) is 2.95. The Morgan fingerprint density at radius 1 is 1.53 bits per heavy atom. The molecule has 0 atom stereocenters. The van der Waals surface area contributed by atoms with E-state index in [9.17, 15) is 4.79 Å². The summed E-state index contributed by atoms with van der Waals surface area (Å²) in [5.41, 5.74) is 4.09. The lowest BCUT2D eigenvalue weighted by atomic mass is 10.2. The Hall–Kier alpha value is -1.55. The maximum Gasteiger partial charge on any atom is 0.351 e. The second kappa shape index (κ2) is 4.79. The minimum Gasteiger partial charge on any atom is -0.477 e. The van der Waals surface area contributed by atoms with Gasteiger partial charge in [0.05, 0.1) is 10.7 Å². The zero-order chi connectivity index (χ0) is 11.4. The third-order valence-electron chi connectivity index (χ3n) is 1.85. The van der Waals surface area contributed by atoms with Crippen LogP contribution in [0, 0.1) is 6.92 Å². The van der Waals surface area contributed by atoms with Crippen molar-refractivity contribution in [2.75, 3.05) is 5.43 Å². The lowest BCUT2D eigenvalue weighted by Crippen LogP contribution is -2.10. The molecule has 5 heteroatoms. The second-order valence-electron chi connectivity index (χ2n) is 3.05. The minimum atomic E-state index is -1.06. The number of benzene rings is 1. The van der Waals surface area contributed by atoms with Gasteiger partial charge in [-0.2, -0.15) is 5.10 Å². The minimum absolute atomic E-state index is 0.0208. The molecule has 1 aromatic rings. The first kappa shape index (κ1) is 11.5. The van der Waals surface area contributed by atoms with E-state index in [2.05, 4.69) is 10.5 Å². The van der Waals surface area contributed by atoms with Crippen LogP contribution >= 0.6 is 11.6 Å². The van der Waals surface area contributed by atoms with Gasteiger partial charge in [-0.3, -0.25) is 5.43 Å². The number of carboxylic acid groups (broad SMARTS) is 1. The van der Waals surface area contributed by atoms with Crippen molar-refractivity contribution in [3.63, 3.8) is 0 Å². The fourth-order valence-corrected chi connectivity index (χ4v) is 1.09. The Morgan fingerprint density at radius 2 is 2.20 bits per heavy atom. The van der Waals surface area contributed by atoms with Gasteiger partial charge >= 0.3 is 5.97 Å². The summed E-state index contributed by atoms with van der Waals surface area (Å²) < 4.78 is 0. The molecular weight excluding hydrogens is 216 g/mol. The van der Waals surface area contributed by atoms with Crippen LogP contribution in [0.3, 0.4) is 0 Å². The van der Waals surface area contributed by atoms with Gasteiger partial charge in [-0.25, -0.2) is 4.79 Å². The molecule has 0 heterocycles. The van der Waals surface area contributed by atoms with E-state index in [-0.39, 0.29) is 5.71 Å². The smallest absolute Gasteiger partial charge is 0.351 e. The fourth-order valence-electron chi connectivity index (χ4n) is 0.926. The first-order valence-electron chi connectivity index (χ1n) is 4.31. The van der Waals surface area contributed by atoms with Gasteiger partial charge in [-0.05, 0) is 25.5 Å². The van der Waals surface area contributed by atoms with Gasteiger partial charge < -0.3 is 5.11 Å². The SMILES string of the molecule is C/C(=N/Nc1cccc(C)c1Cl)C(=O)O. The van der Waals surface area contributed by atoms with Crippen LogP contribution < -0.4 is 5.43 Å². The van der Waals surface area contributed by atoms with Crippen LogP contribution in [0.5, 0.6) is 0 Å². The van der Waals surface area contributed by atoms with Crippen molar-refractivity contribution in [2.45, 2.75) is 13.8 Å². The van der Waals surface area contributed by atoms with Gasteiger partial charge in [0.15, 0.2) is 0 Å². The van der Waals surface area contributed by atoms with Gasteiger partial charge in [0.2, 0.25) is 0 Å². The number of hydrogen-bond donors (Lipinski definition) is 2. The molecule has 0 aliphatic heterocycles. The van der Waals surface area contributed by atoms with Crippen molar-refractivity contribution in [1.29, 1.82) is 0 Å². The molecule has 0 fully saturated rings. The molecule has 0 aliphatic carbocycles. The predicted octanol–water partition coefficient (Wildman–Crippen LogP) is 2.52. The maximum absolute atomic E-state index is 10.5. The molecule has 0 aromatic heterocycles. The van der Waals surface area contributed by atoms with Crippen molar-refractivity contribution in [1.82, 2.24) is 0 Å². The molecule has 0 radical (unpaired) electrons. The van der Waals surface area contributed by atoms with E-state index in [1.54, 1.807) is 6.07 Å². The predicted molar refractivity (Wildman–Crippen MR) is 60.6 cm³/mol. The van der Waals surface area contributed by atoms with Gasteiger partial charge in [-0.15, -0.1) is 0 Å². The summed E-state index contributed by atoms with van der Waals surface area (Å²) in [4.78, 5) is 10.5. The number of halogens is 1. The van der Waals surface area contributed by atoms with Gasteiger partial charge in [0.25, 0.3) is 0 Å². The number of rotatable bonds is 3. The van der Waals surface area contributed by atoms with E-state index in [0.717, 1.165) is 5.56 Å². The quantitative estimate of drug-likeness (QED) is 0.615. The van der Waals surface area contributed by atoms with E-state index < -0.39 is 5.97 Å². The van der Waals surface area contributed by atoms with Gasteiger partial charge in [0.1, 0.15) is 5.71 Å². The van der Waals surface area contributed by atoms with Crippen LogP contribution in [0.2, 0.25) is 5.02 Å². The first-order valence-corrected chi connectivity index (χ1v) is 4.69. The van der Waals surface area contributed by atoms with Crippen molar-refractivity contribution < 1.29 is 9.90 Å². The Balaban J connectivity index is 2.87. The molecule has 2 N–H and O–H groups in total. The summed E-state index contributed by atoms with van der Waals surface area (Å²) in [5.74, 6) is -1.06. The van der Waals surface area contributed by atoms with Crippen molar-refractivity contribution in [2.24, 2.45) is 5.10 Å². The highest BCUT2D eigenvalue weighted by atomic mass is 35.5. The van der Waals surface area contributed by atoms with Crippen LogP contribution in [0.25, 0.3) is 0 Å². The van der Waals surface area contributed by atoms with Gasteiger partial charge in [0, 0.05) is 0 Å². The summed E-state index contributed by atoms with van der Waals surface area (Å²) in [6.45, 7) is 3.26. The molecule has 0 unspecified atom stereocenters. The monoisotopic (exact) mass is 226 g/mol. The molecule has 15 heavy (non-hydrogen) atoms. The average molecular weight is 227 g/mol. The molecule has 1 aromatic carbocycles. The lowest BCUT2D eigenvalue weighted by molar-refractivity contribution is -0.129. The van der Waals surface area contributed by atoms with E-state index in [1.165, 1.54) is 6.92 Å². The Kier molecular flexibility index (Phi) is 3.68. The van der Waals surface area contributed by atoms with E-state index >= 15 is 0 Å². The summed E-state index contributed by atoms with van der Waals surface area (Å²) in [6, 6.07) is 5.41. The highest BCUT2D eigenvalue weighted by Crippen LogP contribution is 2.24. The highest BCUT2D eigenvalue weighted by Gasteiger charge is 2.03. The molecule has 0 aliphatic rings. The number of hydrogen-bond acceptors (Lipinski definition) is 3. The van der Waals surface area contributed by atoms with Gasteiger partial charge in [-0.1, -0.05) is 23.7 Å². The molecule has 0 amide bonds. The number of hydrazone groups is 1. The molecular formula is C10H11ClN2O2. The number of aliphatic carboxylic acids is 1. The first-order chi connectivity index (χ1) is 7.02. The Morgan fingerprint density at radius 3 is 2.80 bits per heavy atom. The van der Waals surface area contributed by atoms with Crippen LogP contribution in [0.1, 0.15) is 12.5 Å². The zero-order valence-corrected chi connectivity index (χ0v) is 9.17. The van der Waals surface area contributed by atoms with Crippen molar-refractivity contribution >= 4 is 29.0 Å². The van der Waals surface area contributed by atoms with Crippen molar-refractivity contribution in [3.8, 4) is 0 Å². The third-order valence-corrected chi connectivity index (χ3v) is 2.35. The Bertz CT molecular complexity index is 416. The highest BCUT2D eigenvalue weighted by molar-refractivity contribution is 6.35. The summed E-state index contributed by atoms with van der Waals surface area (Å²) >= 11 is 5.98. The zero-order valence-electron chi connectivity index (χ0n) is 8.41. The standard InChI is InChI=1S/C10H11ClN2O2/c1-6-4-3-5-8(9(6)11)13-12-7(2)10(14)15/h3-5,13H,1-2H3,(H,14,15)/b12-7-. The number of aryl methyl sites for hydroxylation is 1. The average Bonchev–Trinajstić information content (AvgIpc) is 2.19. The van der Waals surface area contributed by atoms with E-state index in [0.29, 0.717) is 10.7 Å². The van der Waals surface area contributed by atoms with Crippen LogP contribution in [-0.4, -0.2) is 16.8 Å². The maximum atomic E-state index is 10.5. The molecule has 4 nitrogen and oxygen atoms in total. The molecule has 0 spiro atoms.